The summed E-state index contributed by atoms with van der Waals surface area (Å²) in [6.45, 7) is 5.94. The van der Waals surface area contributed by atoms with Gasteiger partial charge in [0, 0.05) is 30.1 Å². The normalized spacial score (nSPS) is 11.6. The van der Waals surface area contributed by atoms with Crippen LogP contribution in [-0.4, -0.2) is 51.2 Å². The fourth-order valence-electron chi connectivity index (χ4n) is 2.38. The number of nitrogens with one attached hydrogen (secondary N) is 2. The molecule has 0 amide bonds. The number of benzene rings is 1. The van der Waals surface area contributed by atoms with E-state index in [2.05, 4.69) is 46.0 Å². The number of hydrogen-bond acceptors (Lipinski definition) is 4. The number of nitrogens with zero attached hydrogens (tertiary/aromatic N) is 2. The Balaban J connectivity index is 1.90. The summed E-state index contributed by atoms with van der Waals surface area (Å²) in [6.07, 6.45) is 1.01. The number of aliphatic imine (C=N–C) groups is 1. The maximum Gasteiger partial charge on any atom is 0.191 e. The van der Waals surface area contributed by atoms with Gasteiger partial charge in [0.2, 0.25) is 0 Å². The summed E-state index contributed by atoms with van der Waals surface area (Å²) < 4.78 is 5.92. The van der Waals surface area contributed by atoms with Crippen LogP contribution in [0, 0.1) is 0 Å². The lowest BCUT2D eigenvalue weighted by atomic mass is 10.2. The first-order chi connectivity index (χ1) is 12.7. The van der Waals surface area contributed by atoms with E-state index in [1.807, 2.05) is 32.3 Å². The van der Waals surface area contributed by atoms with Crippen molar-refractivity contribution in [1.82, 2.24) is 15.5 Å². The zero-order valence-corrected chi connectivity index (χ0v) is 16.8. The van der Waals surface area contributed by atoms with Gasteiger partial charge < -0.3 is 20.3 Å². The van der Waals surface area contributed by atoms with Crippen LogP contribution in [0.25, 0.3) is 0 Å². The quantitative estimate of drug-likeness (QED) is 0.496. The fourth-order valence-corrected chi connectivity index (χ4v) is 3.09. The van der Waals surface area contributed by atoms with Crippen molar-refractivity contribution in [2.24, 2.45) is 4.99 Å². The molecule has 142 valence electrons. The monoisotopic (exact) mass is 374 g/mol. The first kappa shape index (κ1) is 20.3. The molecule has 1 aromatic carbocycles. The van der Waals surface area contributed by atoms with Gasteiger partial charge in [0.1, 0.15) is 12.4 Å². The Labute approximate surface area is 161 Å². The molecule has 0 saturated heterocycles. The maximum absolute atomic E-state index is 5.92. The molecule has 26 heavy (non-hydrogen) atoms. The van der Waals surface area contributed by atoms with Gasteiger partial charge in [0.05, 0.1) is 6.54 Å². The Morgan fingerprint density at radius 2 is 2.00 bits per heavy atom. The Hall–Kier alpha value is -2.05. The summed E-state index contributed by atoms with van der Waals surface area (Å²) in [5.41, 5.74) is 1.10. The molecule has 0 fully saturated rings. The molecule has 0 saturated carbocycles. The molecule has 0 aliphatic rings. The average Bonchev–Trinajstić information content (AvgIpc) is 3.14. The SMILES string of the molecule is CCNC(=NCc1ccccc1OCCN(C)C)NCCc1cccs1. The van der Waals surface area contributed by atoms with Crippen LogP contribution in [0.3, 0.4) is 0 Å². The highest BCUT2D eigenvalue weighted by atomic mass is 32.1. The van der Waals surface area contributed by atoms with E-state index in [-0.39, 0.29) is 0 Å². The molecule has 0 unspecified atom stereocenters. The van der Waals surface area contributed by atoms with Crippen molar-refractivity contribution < 1.29 is 4.74 Å². The molecule has 2 aromatic rings. The molecule has 1 heterocycles. The lowest BCUT2D eigenvalue weighted by Gasteiger charge is -2.14. The van der Waals surface area contributed by atoms with Crippen molar-refractivity contribution in [1.29, 1.82) is 0 Å². The molecule has 2 N–H and O–H groups in total. The second kappa shape index (κ2) is 11.5. The molecule has 0 atom stereocenters. The zero-order valence-electron chi connectivity index (χ0n) is 16.0. The molecule has 0 radical (unpaired) electrons. The highest BCUT2D eigenvalue weighted by molar-refractivity contribution is 7.09. The minimum atomic E-state index is 0.590. The zero-order chi connectivity index (χ0) is 18.6. The van der Waals surface area contributed by atoms with E-state index in [1.165, 1.54) is 4.88 Å². The highest BCUT2D eigenvalue weighted by Crippen LogP contribution is 2.18. The second-order valence-corrected chi connectivity index (χ2v) is 7.24. The van der Waals surface area contributed by atoms with Crippen LogP contribution in [0.2, 0.25) is 0 Å². The summed E-state index contributed by atoms with van der Waals surface area (Å²) in [5.74, 6) is 1.75. The van der Waals surface area contributed by atoms with Gasteiger partial charge in [0.15, 0.2) is 5.96 Å². The molecule has 0 bridgehead atoms. The van der Waals surface area contributed by atoms with Crippen LogP contribution in [0.4, 0.5) is 0 Å². The maximum atomic E-state index is 5.92. The van der Waals surface area contributed by atoms with Gasteiger partial charge in [-0.2, -0.15) is 0 Å². The number of ether oxygens (including phenoxy) is 1. The average molecular weight is 375 g/mol. The van der Waals surface area contributed by atoms with E-state index in [4.69, 9.17) is 9.73 Å². The fraction of sp³-hybridized carbons (Fsp3) is 0.450. The summed E-state index contributed by atoms with van der Waals surface area (Å²) in [4.78, 5) is 8.21. The molecule has 2 rings (SSSR count). The van der Waals surface area contributed by atoms with Gasteiger partial charge in [-0.05, 0) is 45.0 Å². The molecule has 1 aromatic heterocycles. The summed E-state index contributed by atoms with van der Waals surface area (Å²) in [7, 11) is 4.09. The van der Waals surface area contributed by atoms with Gasteiger partial charge in [-0.25, -0.2) is 4.99 Å². The van der Waals surface area contributed by atoms with Crippen molar-refractivity contribution >= 4 is 17.3 Å². The third-order valence-electron chi connectivity index (χ3n) is 3.76. The molecular weight excluding hydrogens is 344 g/mol. The standard InChI is InChI=1S/C20H30N4OS/c1-4-21-20(22-12-11-18-9-7-15-26-18)23-16-17-8-5-6-10-19(17)25-14-13-24(2)3/h5-10,15H,4,11-14,16H2,1-3H3,(H2,21,22,23). The van der Waals surface area contributed by atoms with E-state index in [1.54, 1.807) is 11.3 Å². The molecule has 0 spiro atoms. The summed E-state index contributed by atoms with van der Waals surface area (Å²) in [5, 5.41) is 8.82. The van der Waals surface area contributed by atoms with Crippen LogP contribution in [0.5, 0.6) is 5.75 Å². The van der Waals surface area contributed by atoms with Crippen LogP contribution < -0.4 is 15.4 Å². The van der Waals surface area contributed by atoms with Crippen molar-refractivity contribution in [3.63, 3.8) is 0 Å². The first-order valence-electron chi connectivity index (χ1n) is 9.09. The van der Waals surface area contributed by atoms with Gasteiger partial charge in [-0.3, -0.25) is 0 Å². The van der Waals surface area contributed by atoms with E-state index in [9.17, 15) is 0 Å². The third-order valence-corrected chi connectivity index (χ3v) is 4.70. The van der Waals surface area contributed by atoms with Gasteiger partial charge >= 0.3 is 0 Å². The minimum absolute atomic E-state index is 0.590. The highest BCUT2D eigenvalue weighted by Gasteiger charge is 2.04. The Morgan fingerprint density at radius 1 is 1.15 bits per heavy atom. The Bertz CT molecular complexity index is 656. The van der Waals surface area contributed by atoms with Crippen molar-refractivity contribution in [3.8, 4) is 5.75 Å². The lowest BCUT2D eigenvalue weighted by Crippen LogP contribution is -2.38. The topological polar surface area (TPSA) is 48.9 Å². The Kier molecular flexibility index (Phi) is 9.00. The van der Waals surface area contributed by atoms with Crippen molar-refractivity contribution in [2.75, 3.05) is 40.3 Å². The van der Waals surface area contributed by atoms with Gasteiger partial charge in [-0.15, -0.1) is 11.3 Å². The van der Waals surface area contributed by atoms with E-state index in [0.717, 1.165) is 43.3 Å². The van der Waals surface area contributed by atoms with Crippen LogP contribution in [0.15, 0.2) is 46.8 Å². The van der Waals surface area contributed by atoms with Crippen LogP contribution in [0.1, 0.15) is 17.4 Å². The largest absolute Gasteiger partial charge is 0.492 e. The molecule has 0 aliphatic carbocycles. The van der Waals surface area contributed by atoms with Crippen molar-refractivity contribution in [3.05, 3.63) is 52.2 Å². The first-order valence-corrected chi connectivity index (χ1v) is 9.97. The second-order valence-electron chi connectivity index (χ2n) is 6.21. The van der Waals surface area contributed by atoms with Gasteiger partial charge in [0.25, 0.3) is 0 Å². The number of rotatable bonds is 10. The number of para-hydroxylation sites is 1. The Morgan fingerprint density at radius 3 is 2.73 bits per heavy atom. The lowest BCUT2D eigenvalue weighted by molar-refractivity contribution is 0.259. The van der Waals surface area contributed by atoms with Crippen molar-refractivity contribution in [2.45, 2.75) is 19.9 Å². The molecule has 0 aliphatic heterocycles. The van der Waals surface area contributed by atoms with Gasteiger partial charge in [-0.1, -0.05) is 24.3 Å². The van der Waals surface area contributed by atoms with E-state index < -0.39 is 0 Å². The van der Waals surface area contributed by atoms with E-state index in [0.29, 0.717) is 13.2 Å². The van der Waals surface area contributed by atoms with Crippen LogP contribution >= 0.6 is 11.3 Å². The predicted octanol–water partition coefficient (Wildman–Crippen LogP) is 2.99. The minimum Gasteiger partial charge on any atom is -0.492 e. The molecule has 6 heteroatoms. The van der Waals surface area contributed by atoms with E-state index >= 15 is 0 Å². The van der Waals surface area contributed by atoms with Crippen LogP contribution in [-0.2, 0) is 13.0 Å². The molecule has 5 nitrogen and oxygen atoms in total. The number of guanidine groups is 1. The predicted molar refractivity (Wildman–Crippen MR) is 111 cm³/mol. The smallest absolute Gasteiger partial charge is 0.191 e. The summed E-state index contributed by atoms with van der Waals surface area (Å²) >= 11 is 1.79. The number of thiophene rings is 1. The summed E-state index contributed by atoms with van der Waals surface area (Å²) in [6, 6.07) is 12.4. The molecular formula is C20H30N4OS. The number of likely N-dealkylation sites (N-methyl/N-ethyl adjacent to an activating group) is 1. The number of hydrogen-bond donors (Lipinski definition) is 2. The third kappa shape index (κ3) is 7.45.